The molecule has 148 valence electrons. The van der Waals surface area contributed by atoms with E-state index in [1.54, 1.807) is 0 Å². The van der Waals surface area contributed by atoms with E-state index in [0.29, 0.717) is 12.0 Å². The number of guanidine groups is 1. The van der Waals surface area contributed by atoms with Gasteiger partial charge in [-0.25, -0.2) is 0 Å². The van der Waals surface area contributed by atoms with Crippen LogP contribution in [0.2, 0.25) is 0 Å². The lowest BCUT2D eigenvalue weighted by Gasteiger charge is -2.24. The molecular weight excluding hydrogens is 429 g/mol. The van der Waals surface area contributed by atoms with Crippen LogP contribution >= 0.6 is 24.0 Å². The van der Waals surface area contributed by atoms with Gasteiger partial charge in [0.1, 0.15) is 0 Å². The number of halogens is 1. The summed E-state index contributed by atoms with van der Waals surface area (Å²) in [7, 11) is 3.98. The van der Waals surface area contributed by atoms with Gasteiger partial charge in [0.15, 0.2) is 5.96 Å². The van der Waals surface area contributed by atoms with Crippen molar-refractivity contribution >= 4 is 29.9 Å². The van der Waals surface area contributed by atoms with Gasteiger partial charge >= 0.3 is 0 Å². The molecule has 0 amide bonds. The first kappa shape index (κ1) is 23.0. The van der Waals surface area contributed by atoms with Gasteiger partial charge in [0.2, 0.25) is 0 Å². The summed E-state index contributed by atoms with van der Waals surface area (Å²) in [6.07, 6.45) is 11.9. The Balaban J connectivity index is 0.00000312. The monoisotopic (exact) mass is 467 g/mol. The van der Waals surface area contributed by atoms with E-state index in [2.05, 4.69) is 22.3 Å². The minimum absolute atomic E-state index is 0. The van der Waals surface area contributed by atoms with Gasteiger partial charge in [-0.15, -0.1) is 24.0 Å². The maximum absolute atomic E-state index is 5.98. The topological polar surface area (TPSA) is 46.1 Å². The maximum Gasteiger partial charge on any atom is 0.193 e. The van der Waals surface area contributed by atoms with Crippen LogP contribution in [0.3, 0.4) is 0 Å². The first-order valence-corrected chi connectivity index (χ1v) is 9.90. The van der Waals surface area contributed by atoms with Crippen molar-refractivity contribution in [3.8, 4) is 0 Å². The Bertz CT molecular complexity index is 357. The summed E-state index contributed by atoms with van der Waals surface area (Å²) in [5.41, 5.74) is 0. The average molecular weight is 467 g/mol. The van der Waals surface area contributed by atoms with Crippen LogP contribution < -0.4 is 5.32 Å². The molecule has 1 atom stereocenters. The Kier molecular flexibility index (Phi) is 12.9. The molecule has 1 saturated carbocycles. The molecule has 2 fully saturated rings. The standard InChI is InChI=1S/C19H37N3O2.HI/c1-20-19(22(2)15-17-11-14-23-16-17)21-12-7-4-8-13-24-18-9-5-3-6-10-18;/h17-18H,3-16H2,1-2H3,(H,20,21);1H. The molecule has 2 aliphatic rings. The van der Waals surface area contributed by atoms with Crippen molar-refractivity contribution in [2.24, 2.45) is 10.9 Å². The summed E-state index contributed by atoms with van der Waals surface area (Å²) in [5.74, 6) is 1.64. The van der Waals surface area contributed by atoms with Gasteiger partial charge in [-0.05, 0) is 38.5 Å². The molecule has 6 heteroatoms. The molecule has 1 saturated heterocycles. The fourth-order valence-corrected chi connectivity index (χ4v) is 3.67. The van der Waals surface area contributed by atoms with Crippen LogP contribution in [0.25, 0.3) is 0 Å². The number of nitrogens with one attached hydrogen (secondary N) is 1. The van der Waals surface area contributed by atoms with Crippen LogP contribution in [0.5, 0.6) is 0 Å². The molecule has 25 heavy (non-hydrogen) atoms. The van der Waals surface area contributed by atoms with Crippen LogP contribution in [0, 0.1) is 5.92 Å². The number of hydrogen-bond donors (Lipinski definition) is 1. The molecular formula is C19H38IN3O2. The minimum Gasteiger partial charge on any atom is -0.381 e. The number of ether oxygens (including phenoxy) is 2. The molecule has 0 aromatic heterocycles. The minimum atomic E-state index is 0. The normalized spacial score (nSPS) is 21.8. The molecule has 1 aliphatic carbocycles. The fraction of sp³-hybridized carbons (Fsp3) is 0.947. The number of rotatable bonds is 9. The van der Waals surface area contributed by atoms with Crippen LogP contribution in [-0.2, 0) is 9.47 Å². The first-order valence-electron chi connectivity index (χ1n) is 9.90. The van der Waals surface area contributed by atoms with E-state index in [1.165, 1.54) is 57.8 Å². The van der Waals surface area contributed by atoms with Gasteiger partial charge < -0.3 is 19.7 Å². The van der Waals surface area contributed by atoms with E-state index in [1.807, 2.05) is 7.05 Å². The predicted octanol–water partition coefficient (Wildman–Crippen LogP) is 3.67. The van der Waals surface area contributed by atoms with Crippen molar-refractivity contribution in [1.29, 1.82) is 0 Å². The van der Waals surface area contributed by atoms with Crippen LogP contribution in [0.4, 0.5) is 0 Å². The summed E-state index contributed by atoms with van der Waals surface area (Å²) in [6, 6.07) is 0. The molecule has 0 aromatic carbocycles. The highest BCUT2D eigenvalue weighted by molar-refractivity contribution is 14.0. The second-order valence-electron chi connectivity index (χ2n) is 7.28. The zero-order valence-electron chi connectivity index (χ0n) is 16.2. The quantitative estimate of drug-likeness (QED) is 0.243. The van der Waals surface area contributed by atoms with Gasteiger partial charge in [0, 0.05) is 46.3 Å². The van der Waals surface area contributed by atoms with Crippen LogP contribution in [0.1, 0.15) is 57.8 Å². The van der Waals surface area contributed by atoms with E-state index < -0.39 is 0 Å². The van der Waals surface area contributed by atoms with E-state index >= 15 is 0 Å². The summed E-state index contributed by atoms with van der Waals surface area (Å²) in [4.78, 5) is 6.62. The average Bonchev–Trinajstić information content (AvgIpc) is 3.11. The molecule has 1 heterocycles. The molecule has 2 rings (SSSR count). The lowest BCUT2D eigenvalue weighted by Crippen LogP contribution is -2.41. The van der Waals surface area contributed by atoms with Crippen molar-refractivity contribution in [2.75, 3.05) is 47.0 Å². The molecule has 5 nitrogen and oxygen atoms in total. The van der Waals surface area contributed by atoms with Crippen molar-refractivity contribution < 1.29 is 9.47 Å². The highest BCUT2D eigenvalue weighted by Crippen LogP contribution is 2.20. The Morgan fingerprint density at radius 2 is 1.96 bits per heavy atom. The highest BCUT2D eigenvalue weighted by atomic mass is 127. The SMILES string of the molecule is CN=C(NCCCCCOC1CCCCC1)N(C)CC1CCOC1.I. The molecule has 0 aromatic rings. The summed E-state index contributed by atoms with van der Waals surface area (Å²) in [6.45, 7) is 4.74. The molecule has 0 bridgehead atoms. The van der Waals surface area contributed by atoms with Crippen molar-refractivity contribution in [1.82, 2.24) is 10.2 Å². The van der Waals surface area contributed by atoms with Crippen molar-refractivity contribution in [2.45, 2.75) is 63.9 Å². The third-order valence-corrected chi connectivity index (χ3v) is 5.14. The van der Waals surface area contributed by atoms with Crippen molar-refractivity contribution in [3.05, 3.63) is 0 Å². The predicted molar refractivity (Wildman–Crippen MR) is 115 cm³/mol. The summed E-state index contributed by atoms with van der Waals surface area (Å²) >= 11 is 0. The summed E-state index contributed by atoms with van der Waals surface area (Å²) in [5, 5.41) is 3.48. The van der Waals surface area contributed by atoms with Crippen molar-refractivity contribution in [3.63, 3.8) is 0 Å². The Morgan fingerprint density at radius 3 is 2.64 bits per heavy atom. The molecule has 0 radical (unpaired) electrons. The van der Waals surface area contributed by atoms with E-state index in [4.69, 9.17) is 9.47 Å². The third kappa shape index (κ3) is 9.43. The molecule has 1 aliphatic heterocycles. The largest absolute Gasteiger partial charge is 0.381 e. The molecule has 1 unspecified atom stereocenters. The van der Waals surface area contributed by atoms with Gasteiger partial charge in [-0.2, -0.15) is 0 Å². The van der Waals surface area contributed by atoms with Crippen LogP contribution in [0.15, 0.2) is 4.99 Å². The fourth-order valence-electron chi connectivity index (χ4n) is 3.67. The van der Waals surface area contributed by atoms with E-state index in [9.17, 15) is 0 Å². The zero-order valence-corrected chi connectivity index (χ0v) is 18.5. The lowest BCUT2D eigenvalue weighted by molar-refractivity contribution is 0.0264. The van der Waals surface area contributed by atoms with Gasteiger partial charge in [-0.1, -0.05) is 19.3 Å². The van der Waals surface area contributed by atoms with Gasteiger partial charge in [0.25, 0.3) is 0 Å². The Hall–Kier alpha value is -0.0800. The second kappa shape index (κ2) is 14.0. The number of nitrogens with zero attached hydrogens (tertiary/aromatic N) is 2. The van der Waals surface area contributed by atoms with Gasteiger partial charge in [-0.3, -0.25) is 4.99 Å². The molecule has 1 N–H and O–H groups in total. The summed E-state index contributed by atoms with van der Waals surface area (Å²) < 4.78 is 11.4. The highest BCUT2D eigenvalue weighted by Gasteiger charge is 2.18. The third-order valence-electron chi connectivity index (χ3n) is 5.14. The maximum atomic E-state index is 5.98. The number of unbranched alkanes of at least 4 members (excludes halogenated alkanes) is 2. The van der Waals surface area contributed by atoms with E-state index in [0.717, 1.165) is 38.9 Å². The lowest BCUT2D eigenvalue weighted by atomic mass is 9.98. The number of aliphatic imine (C=N–C) groups is 1. The van der Waals surface area contributed by atoms with E-state index in [-0.39, 0.29) is 24.0 Å². The van der Waals surface area contributed by atoms with Crippen LogP contribution in [-0.4, -0.2) is 64.0 Å². The first-order chi connectivity index (χ1) is 11.8. The zero-order chi connectivity index (χ0) is 17.0. The Labute approximate surface area is 171 Å². The second-order valence-corrected chi connectivity index (χ2v) is 7.28. The smallest absolute Gasteiger partial charge is 0.193 e. The van der Waals surface area contributed by atoms with Gasteiger partial charge in [0.05, 0.1) is 12.7 Å². The number of hydrogen-bond acceptors (Lipinski definition) is 3. The molecule has 0 spiro atoms. The Morgan fingerprint density at radius 1 is 1.16 bits per heavy atom.